The van der Waals surface area contributed by atoms with Crippen molar-refractivity contribution in [3.8, 4) is 0 Å². The summed E-state index contributed by atoms with van der Waals surface area (Å²) in [5.74, 6) is 0.0413. The molecular formula is C14H17NO3. The lowest BCUT2D eigenvalue weighted by molar-refractivity contribution is -0.141. The molecule has 0 N–H and O–H groups in total. The van der Waals surface area contributed by atoms with E-state index < -0.39 is 12.0 Å². The smallest absolute Gasteiger partial charge is 0.308 e. The predicted molar refractivity (Wildman–Crippen MR) is 68.0 cm³/mol. The molecule has 96 valence electrons. The van der Waals surface area contributed by atoms with Crippen LogP contribution in [0.25, 0.3) is 0 Å². The van der Waals surface area contributed by atoms with Gasteiger partial charge in [-0.15, -0.1) is 0 Å². The van der Waals surface area contributed by atoms with Gasteiger partial charge in [-0.25, -0.2) is 4.79 Å². The van der Waals surface area contributed by atoms with Gasteiger partial charge in [-0.1, -0.05) is 38.1 Å². The zero-order valence-electron chi connectivity index (χ0n) is 10.8. The van der Waals surface area contributed by atoms with Crippen molar-refractivity contribution >= 4 is 12.0 Å². The second kappa shape index (κ2) is 6.72. The van der Waals surface area contributed by atoms with Crippen molar-refractivity contribution in [2.75, 3.05) is 7.11 Å². The largest absolute Gasteiger partial charge is 0.469 e. The normalized spacial score (nSPS) is 11.8. The van der Waals surface area contributed by atoms with E-state index in [1.165, 1.54) is 18.8 Å². The van der Waals surface area contributed by atoms with E-state index in [9.17, 15) is 9.59 Å². The lowest BCUT2D eigenvalue weighted by atomic mass is 9.98. The second-order valence-corrected chi connectivity index (χ2v) is 4.34. The topological polar surface area (TPSA) is 55.7 Å². The molecule has 0 bridgehead atoms. The Morgan fingerprint density at radius 1 is 1.28 bits per heavy atom. The Morgan fingerprint density at radius 2 is 1.83 bits per heavy atom. The number of carbonyl (C=O) groups is 1. The van der Waals surface area contributed by atoms with E-state index >= 15 is 0 Å². The summed E-state index contributed by atoms with van der Waals surface area (Å²) in [6, 6.07) is 7.19. The van der Waals surface area contributed by atoms with E-state index in [4.69, 9.17) is 0 Å². The molecule has 4 nitrogen and oxygen atoms in total. The molecule has 0 unspecified atom stereocenters. The van der Waals surface area contributed by atoms with Crippen molar-refractivity contribution in [2.24, 2.45) is 4.99 Å². The molecule has 0 aliphatic rings. The van der Waals surface area contributed by atoms with Crippen molar-refractivity contribution in [2.45, 2.75) is 32.2 Å². The van der Waals surface area contributed by atoms with E-state index in [0.29, 0.717) is 5.92 Å². The number of esters is 1. The van der Waals surface area contributed by atoms with Crippen LogP contribution in [0.5, 0.6) is 0 Å². The molecule has 0 saturated carbocycles. The number of ether oxygens (including phenoxy) is 1. The summed E-state index contributed by atoms with van der Waals surface area (Å²) >= 11 is 0. The highest BCUT2D eigenvalue weighted by Gasteiger charge is 2.15. The van der Waals surface area contributed by atoms with Gasteiger partial charge in [0.2, 0.25) is 6.08 Å². The van der Waals surface area contributed by atoms with Gasteiger partial charge in [-0.2, -0.15) is 4.99 Å². The van der Waals surface area contributed by atoms with Crippen molar-refractivity contribution in [1.29, 1.82) is 0 Å². The standard InChI is InChI=1S/C14H17NO3/c1-10(2)11-4-6-12(7-5-11)13(15-9-16)8-14(17)18-3/h4-7,10,13H,8H2,1-3H3/t13-/m1/s1. The third-order valence-electron chi connectivity index (χ3n) is 2.78. The van der Waals surface area contributed by atoms with Crippen molar-refractivity contribution in [3.63, 3.8) is 0 Å². The fourth-order valence-corrected chi connectivity index (χ4v) is 1.65. The van der Waals surface area contributed by atoms with Crippen LogP contribution in [0.1, 0.15) is 43.4 Å². The van der Waals surface area contributed by atoms with Gasteiger partial charge < -0.3 is 4.74 Å². The minimum absolute atomic E-state index is 0.0484. The highest BCUT2D eigenvalue weighted by molar-refractivity contribution is 5.70. The van der Waals surface area contributed by atoms with E-state index in [0.717, 1.165) is 5.56 Å². The first kappa shape index (κ1) is 14.1. The molecule has 1 atom stereocenters. The van der Waals surface area contributed by atoms with Crippen LogP contribution in [0, 0.1) is 0 Å². The average molecular weight is 247 g/mol. The van der Waals surface area contributed by atoms with Crippen molar-refractivity contribution in [3.05, 3.63) is 35.4 Å². The first-order valence-electron chi connectivity index (χ1n) is 5.82. The third kappa shape index (κ3) is 3.82. The molecule has 4 heteroatoms. The maximum Gasteiger partial charge on any atom is 0.308 e. The average Bonchev–Trinajstić information content (AvgIpc) is 2.38. The van der Waals surface area contributed by atoms with Gasteiger partial charge >= 0.3 is 5.97 Å². The predicted octanol–water partition coefficient (Wildman–Crippen LogP) is 2.75. The molecule has 1 aromatic rings. The number of isocyanates is 1. The van der Waals surface area contributed by atoms with Gasteiger partial charge in [-0.3, -0.25) is 4.79 Å². The summed E-state index contributed by atoms with van der Waals surface area (Å²) in [6.45, 7) is 4.20. The quantitative estimate of drug-likeness (QED) is 0.456. The monoisotopic (exact) mass is 247 g/mol. The molecule has 0 heterocycles. The van der Waals surface area contributed by atoms with Gasteiger partial charge in [0.1, 0.15) is 0 Å². The summed E-state index contributed by atoms with van der Waals surface area (Å²) in [5, 5.41) is 0. The first-order valence-corrected chi connectivity index (χ1v) is 5.82. The van der Waals surface area contributed by atoms with E-state index in [1.54, 1.807) is 0 Å². The Morgan fingerprint density at radius 3 is 2.28 bits per heavy atom. The third-order valence-corrected chi connectivity index (χ3v) is 2.78. The van der Waals surface area contributed by atoms with Crippen LogP contribution in [0.15, 0.2) is 29.3 Å². The maximum absolute atomic E-state index is 11.2. The summed E-state index contributed by atoms with van der Waals surface area (Å²) in [7, 11) is 1.31. The molecule has 0 fully saturated rings. The lowest BCUT2D eigenvalue weighted by Crippen LogP contribution is -2.07. The molecule has 1 rings (SSSR count). The number of methoxy groups -OCH3 is 1. The fraction of sp³-hybridized carbons (Fsp3) is 0.429. The summed E-state index contributed by atoms with van der Waals surface area (Å²) in [6.07, 6.45) is 1.55. The van der Waals surface area contributed by atoms with Gasteiger partial charge in [0, 0.05) is 0 Å². The van der Waals surface area contributed by atoms with Crippen LogP contribution in [0.2, 0.25) is 0 Å². The molecule has 0 aromatic heterocycles. The van der Waals surface area contributed by atoms with Crippen LogP contribution in [0.3, 0.4) is 0 Å². The molecule has 0 aliphatic heterocycles. The number of hydrogen-bond donors (Lipinski definition) is 0. The van der Waals surface area contributed by atoms with Crippen LogP contribution < -0.4 is 0 Å². The minimum Gasteiger partial charge on any atom is -0.469 e. The molecule has 1 aromatic carbocycles. The number of hydrogen-bond acceptors (Lipinski definition) is 4. The van der Waals surface area contributed by atoms with Crippen LogP contribution in [-0.4, -0.2) is 19.2 Å². The summed E-state index contributed by atoms with van der Waals surface area (Å²) < 4.78 is 4.58. The zero-order valence-corrected chi connectivity index (χ0v) is 10.8. The Balaban J connectivity index is 2.92. The van der Waals surface area contributed by atoms with E-state index in [-0.39, 0.29) is 6.42 Å². The molecule has 0 aliphatic carbocycles. The number of nitrogens with zero attached hydrogens (tertiary/aromatic N) is 1. The van der Waals surface area contributed by atoms with Crippen LogP contribution in [0.4, 0.5) is 0 Å². The van der Waals surface area contributed by atoms with Crippen LogP contribution >= 0.6 is 0 Å². The highest BCUT2D eigenvalue weighted by atomic mass is 16.5. The van der Waals surface area contributed by atoms with Gasteiger partial charge in [0.05, 0.1) is 19.6 Å². The maximum atomic E-state index is 11.2. The molecule has 18 heavy (non-hydrogen) atoms. The molecule has 0 radical (unpaired) electrons. The molecule has 0 saturated heterocycles. The van der Waals surface area contributed by atoms with Crippen molar-refractivity contribution in [1.82, 2.24) is 0 Å². The van der Waals surface area contributed by atoms with E-state index in [2.05, 4.69) is 23.6 Å². The zero-order chi connectivity index (χ0) is 13.5. The minimum atomic E-state index is -0.517. The van der Waals surface area contributed by atoms with Crippen molar-refractivity contribution < 1.29 is 14.3 Å². The Kier molecular flexibility index (Phi) is 5.28. The molecule has 0 spiro atoms. The van der Waals surface area contributed by atoms with Crippen LogP contribution in [-0.2, 0) is 14.3 Å². The number of aliphatic imine (C=N–C) groups is 1. The molecule has 0 amide bonds. The number of carbonyl (C=O) groups excluding carboxylic acids is 2. The number of benzene rings is 1. The number of rotatable bonds is 5. The van der Waals surface area contributed by atoms with E-state index in [1.807, 2.05) is 24.3 Å². The van der Waals surface area contributed by atoms with Gasteiger partial charge in [0.15, 0.2) is 0 Å². The Hall–Kier alpha value is -1.93. The lowest BCUT2D eigenvalue weighted by Gasteiger charge is -2.11. The molecular weight excluding hydrogens is 230 g/mol. The highest BCUT2D eigenvalue weighted by Crippen LogP contribution is 2.23. The second-order valence-electron chi connectivity index (χ2n) is 4.34. The first-order chi connectivity index (χ1) is 8.58. The summed E-state index contributed by atoms with van der Waals surface area (Å²) in [4.78, 5) is 25.3. The van der Waals surface area contributed by atoms with Gasteiger partial charge in [0.25, 0.3) is 0 Å². The Labute approximate surface area is 107 Å². The fourth-order valence-electron chi connectivity index (χ4n) is 1.65. The van der Waals surface area contributed by atoms with Gasteiger partial charge in [-0.05, 0) is 17.0 Å². The Bertz CT molecular complexity index is 445. The summed E-state index contributed by atoms with van der Waals surface area (Å²) in [5.41, 5.74) is 2.01. The SMILES string of the molecule is COC(=O)C[C@@H](N=C=O)c1ccc(C(C)C)cc1.